The van der Waals surface area contributed by atoms with E-state index in [0.717, 1.165) is 6.54 Å². The first-order chi connectivity index (χ1) is 7.15. The summed E-state index contributed by atoms with van der Waals surface area (Å²) in [5.74, 6) is 0. The number of pyridine rings is 1. The topological polar surface area (TPSA) is 54.3 Å². The number of aliphatic hydroxyl groups excluding tert-OH is 1. The maximum atomic E-state index is 11.6. The highest BCUT2D eigenvalue weighted by molar-refractivity contribution is 5.07. The van der Waals surface area contributed by atoms with Crippen LogP contribution in [0, 0.1) is 6.92 Å². The largest absolute Gasteiger partial charge is 0.390 e. The molecular formula is C11H18N2O2. The van der Waals surface area contributed by atoms with Crippen LogP contribution in [-0.4, -0.2) is 28.9 Å². The number of aromatic nitrogens is 1. The minimum atomic E-state index is -0.524. The fourth-order valence-corrected chi connectivity index (χ4v) is 1.40. The normalized spacial score (nSPS) is 12.7. The molecule has 0 spiro atoms. The first-order valence-corrected chi connectivity index (χ1v) is 5.20. The third kappa shape index (κ3) is 3.49. The van der Waals surface area contributed by atoms with Gasteiger partial charge in [0.2, 0.25) is 0 Å². The maximum absolute atomic E-state index is 11.6. The second-order valence-electron chi connectivity index (χ2n) is 3.61. The molecule has 0 saturated heterocycles. The van der Waals surface area contributed by atoms with Crippen LogP contribution >= 0.6 is 0 Å². The Morgan fingerprint density at radius 3 is 3.00 bits per heavy atom. The van der Waals surface area contributed by atoms with Gasteiger partial charge in [0.25, 0.3) is 5.56 Å². The lowest BCUT2D eigenvalue weighted by Gasteiger charge is -2.13. The maximum Gasteiger partial charge on any atom is 0.253 e. The predicted octanol–water partition coefficient (Wildman–Crippen LogP) is 0.127. The van der Waals surface area contributed by atoms with Gasteiger partial charge in [0.1, 0.15) is 0 Å². The Labute approximate surface area is 89.6 Å². The first-order valence-electron chi connectivity index (χ1n) is 5.20. The zero-order valence-corrected chi connectivity index (χ0v) is 9.23. The molecule has 1 rings (SSSR count). The lowest BCUT2D eigenvalue weighted by atomic mass is 10.3. The van der Waals surface area contributed by atoms with Crippen molar-refractivity contribution >= 4 is 0 Å². The van der Waals surface area contributed by atoms with E-state index in [-0.39, 0.29) is 5.56 Å². The fraction of sp³-hybridized carbons (Fsp3) is 0.545. The van der Waals surface area contributed by atoms with Gasteiger partial charge < -0.3 is 15.0 Å². The van der Waals surface area contributed by atoms with Crippen molar-refractivity contribution in [3.8, 4) is 0 Å². The monoisotopic (exact) mass is 210 g/mol. The molecule has 1 heterocycles. The number of aliphatic hydroxyl groups is 1. The molecule has 0 saturated carbocycles. The standard InChI is InChI=1S/C11H18N2O2/c1-3-12-7-10(14)8-13-6-4-5-9(2)11(13)15/h4-6,10,12,14H,3,7-8H2,1-2H3. The van der Waals surface area contributed by atoms with Gasteiger partial charge in [-0.1, -0.05) is 13.0 Å². The summed E-state index contributed by atoms with van der Waals surface area (Å²) in [4.78, 5) is 11.6. The molecule has 0 radical (unpaired) electrons. The van der Waals surface area contributed by atoms with Crippen molar-refractivity contribution in [2.45, 2.75) is 26.5 Å². The van der Waals surface area contributed by atoms with E-state index in [1.165, 1.54) is 4.57 Å². The summed E-state index contributed by atoms with van der Waals surface area (Å²) in [5, 5.41) is 12.7. The van der Waals surface area contributed by atoms with Crippen molar-refractivity contribution in [3.05, 3.63) is 34.2 Å². The average molecular weight is 210 g/mol. The molecule has 84 valence electrons. The van der Waals surface area contributed by atoms with Crippen LogP contribution in [0.15, 0.2) is 23.1 Å². The molecule has 4 nitrogen and oxygen atoms in total. The van der Waals surface area contributed by atoms with Crippen LogP contribution in [0.1, 0.15) is 12.5 Å². The third-order valence-corrected chi connectivity index (χ3v) is 2.25. The van der Waals surface area contributed by atoms with Crippen LogP contribution in [0.3, 0.4) is 0 Å². The molecule has 0 aliphatic heterocycles. The van der Waals surface area contributed by atoms with E-state index >= 15 is 0 Å². The molecule has 0 bridgehead atoms. The molecule has 0 aromatic carbocycles. The van der Waals surface area contributed by atoms with Crippen LogP contribution < -0.4 is 10.9 Å². The fourth-order valence-electron chi connectivity index (χ4n) is 1.40. The Morgan fingerprint density at radius 1 is 1.60 bits per heavy atom. The number of rotatable bonds is 5. The lowest BCUT2D eigenvalue weighted by Crippen LogP contribution is -2.34. The summed E-state index contributed by atoms with van der Waals surface area (Å²) < 4.78 is 1.54. The van der Waals surface area contributed by atoms with Gasteiger partial charge in [-0.2, -0.15) is 0 Å². The highest BCUT2D eigenvalue weighted by Gasteiger charge is 2.05. The Hall–Kier alpha value is -1.13. The molecule has 0 fully saturated rings. The van der Waals surface area contributed by atoms with Crippen molar-refractivity contribution < 1.29 is 5.11 Å². The van der Waals surface area contributed by atoms with E-state index in [0.29, 0.717) is 18.7 Å². The van der Waals surface area contributed by atoms with Gasteiger partial charge in [-0.3, -0.25) is 4.79 Å². The van der Waals surface area contributed by atoms with Crippen molar-refractivity contribution in [2.75, 3.05) is 13.1 Å². The van der Waals surface area contributed by atoms with Gasteiger partial charge in [-0.05, 0) is 19.5 Å². The summed E-state index contributed by atoms with van der Waals surface area (Å²) in [5.41, 5.74) is 0.668. The Kier molecular flexibility index (Phi) is 4.52. The van der Waals surface area contributed by atoms with Gasteiger partial charge in [0.05, 0.1) is 12.6 Å². The summed E-state index contributed by atoms with van der Waals surface area (Å²) in [6.45, 7) is 5.42. The molecule has 4 heteroatoms. The molecule has 0 amide bonds. The number of hydrogen-bond acceptors (Lipinski definition) is 3. The van der Waals surface area contributed by atoms with E-state index in [1.54, 1.807) is 19.2 Å². The van der Waals surface area contributed by atoms with E-state index in [2.05, 4.69) is 5.32 Å². The first kappa shape index (κ1) is 11.9. The molecule has 1 unspecified atom stereocenters. The van der Waals surface area contributed by atoms with E-state index in [1.807, 2.05) is 13.0 Å². The molecule has 1 atom stereocenters. The van der Waals surface area contributed by atoms with Gasteiger partial charge in [0, 0.05) is 18.3 Å². The number of aryl methyl sites for hydroxylation is 1. The Balaban J connectivity index is 2.64. The molecular weight excluding hydrogens is 192 g/mol. The molecule has 0 aliphatic rings. The van der Waals surface area contributed by atoms with E-state index < -0.39 is 6.10 Å². The number of nitrogens with zero attached hydrogens (tertiary/aromatic N) is 1. The SMILES string of the molecule is CCNCC(O)Cn1cccc(C)c1=O. The Morgan fingerprint density at radius 2 is 2.33 bits per heavy atom. The van der Waals surface area contributed by atoms with Crippen LogP contribution in [0.5, 0.6) is 0 Å². The van der Waals surface area contributed by atoms with Gasteiger partial charge in [0.15, 0.2) is 0 Å². The quantitative estimate of drug-likeness (QED) is 0.726. The number of hydrogen-bond donors (Lipinski definition) is 2. The highest BCUT2D eigenvalue weighted by Crippen LogP contribution is 1.92. The van der Waals surface area contributed by atoms with Gasteiger partial charge >= 0.3 is 0 Å². The summed E-state index contributed by atoms with van der Waals surface area (Å²) in [6.07, 6.45) is 1.18. The lowest BCUT2D eigenvalue weighted by molar-refractivity contribution is 0.151. The zero-order valence-electron chi connectivity index (χ0n) is 9.23. The predicted molar refractivity (Wildman–Crippen MR) is 60.0 cm³/mol. The second kappa shape index (κ2) is 5.68. The molecule has 1 aromatic heterocycles. The summed E-state index contributed by atoms with van der Waals surface area (Å²) in [7, 11) is 0. The van der Waals surface area contributed by atoms with E-state index in [9.17, 15) is 9.90 Å². The third-order valence-electron chi connectivity index (χ3n) is 2.25. The van der Waals surface area contributed by atoms with Crippen LogP contribution in [0.25, 0.3) is 0 Å². The van der Waals surface area contributed by atoms with Crippen molar-refractivity contribution in [1.29, 1.82) is 0 Å². The van der Waals surface area contributed by atoms with Gasteiger partial charge in [-0.15, -0.1) is 0 Å². The molecule has 1 aromatic rings. The second-order valence-corrected chi connectivity index (χ2v) is 3.61. The zero-order chi connectivity index (χ0) is 11.3. The van der Waals surface area contributed by atoms with Crippen molar-refractivity contribution in [2.24, 2.45) is 0 Å². The molecule has 2 N–H and O–H groups in total. The minimum Gasteiger partial charge on any atom is -0.390 e. The van der Waals surface area contributed by atoms with Gasteiger partial charge in [-0.25, -0.2) is 0 Å². The molecule has 0 aliphatic carbocycles. The van der Waals surface area contributed by atoms with Crippen molar-refractivity contribution in [1.82, 2.24) is 9.88 Å². The smallest absolute Gasteiger partial charge is 0.253 e. The number of nitrogens with one attached hydrogen (secondary N) is 1. The summed E-state index contributed by atoms with van der Waals surface area (Å²) in [6, 6.07) is 3.59. The minimum absolute atomic E-state index is 0.0342. The van der Waals surface area contributed by atoms with Crippen LogP contribution in [0.4, 0.5) is 0 Å². The highest BCUT2D eigenvalue weighted by atomic mass is 16.3. The number of likely N-dealkylation sites (N-methyl/N-ethyl adjacent to an activating group) is 1. The average Bonchev–Trinajstić information content (AvgIpc) is 2.22. The van der Waals surface area contributed by atoms with Crippen LogP contribution in [-0.2, 0) is 6.54 Å². The van der Waals surface area contributed by atoms with Crippen molar-refractivity contribution in [3.63, 3.8) is 0 Å². The Bertz CT molecular complexity index is 360. The summed E-state index contributed by atoms with van der Waals surface area (Å²) >= 11 is 0. The van der Waals surface area contributed by atoms with E-state index in [4.69, 9.17) is 0 Å². The molecule has 15 heavy (non-hydrogen) atoms. The van der Waals surface area contributed by atoms with Crippen LogP contribution in [0.2, 0.25) is 0 Å².